The van der Waals surface area contributed by atoms with E-state index in [2.05, 4.69) is 15.9 Å². The fourth-order valence-corrected chi connectivity index (χ4v) is 5.18. The van der Waals surface area contributed by atoms with Gasteiger partial charge in [0, 0.05) is 17.9 Å². The molecule has 100 valence electrons. The minimum atomic E-state index is -2.99. The molecule has 0 unspecified atom stereocenters. The van der Waals surface area contributed by atoms with Crippen molar-refractivity contribution >= 4 is 26.0 Å². The summed E-state index contributed by atoms with van der Waals surface area (Å²) >= 11 is 3.56. The fraction of sp³-hybridized carbons (Fsp3) is 1.00. The van der Waals surface area contributed by atoms with Crippen molar-refractivity contribution in [3.05, 3.63) is 0 Å². The second kappa shape index (κ2) is 6.02. The van der Waals surface area contributed by atoms with E-state index in [0.717, 1.165) is 25.7 Å². The van der Waals surface area contributed by atoms with Crippen molar-refractivity contribution in [1.82, 2.24) is 4.31 Å². The minimum Gasteiger partial charge on any atom is -0.212 e. The molecule has 0 aromatic carbocycles. The minimum absolute atomic E-state index is 0.389. The van der Waals surface area contributed by atoms with Crippen LogP contribution in [0.15, 0.2) is 0 Å². The van der Waals surface area contributed by atoms with Crippen molar-refractivity contribution in [2.24, 2.45) is 5.92 Å². The second-order valence-corrected chi connectivity index (χ2v) is 8.66. The third-order valence-electron chi connectivity index (χ3n) is 3.95. The summed E-state index contributed by atoms with van der Waals surface area (Å²) in [5, 5.41) is 0. The highest BCUT2D eigenvalue weighted by Crippen LogP contribution is 2.27. The Bertz CT molecular complexity index is 330. The summed E-state index contributed by atoms with van der Waals surface area (Å²) in [5.74, 6) is 0.801. The van der Waals surface area contributed by atoms with Gasteiger partial charge in [-0.25, -0.2) is 12.7 Å². The zero-order chi connectivity index (χ0) is 12.3. The third kappa shape index (κ3) is 3.93. The Hall–Kier alpha value is 0.390. The molecule has 0 spiro atoms. The van der Waals surface area contributed by atoms with Gasteiger partial charge in [-0.15, -0.1) is 0 Å². The van der Waals surface area contributed by atoms with E-state index in [1.165, 1.54) is 19.3 Å². The smallest absolute Gasteiger partial charge is 0.212 e. The van der Waals surface area contributed by atoms with E-state index in [4.69, 9.17) is 0 Å². The van der Waals surface area contributed by atoms with Crippen molar-refractivity contribution in [1.29, 1.82) is 0 Å². The monoisotopic (exact) mass is 323 g/mol. The number of piperidine rings is 1. The predicted molar refractivity (Wildman–Crippen MR) is 73.9 cm³/mol. The van der Waals surface area contributed by atoms with Crippen LogP contribution in [0.4, 0.5) is 0 Å². The molecular weight excluding hydrogens is 302 g/mol. The van der Waals surface area contributed by atoms with Crippen molar-refractivity contribution in [2.75, 3.05) is 18.8 Å². The Morgan fingerprint density at radius 1 is 1.00 bits per heavy atom. The molecule has 17 heavy (non-hydrogen) atoms. The number of sulfonamides is 1. The second-order valence-electron chi connectivity index (χ2n) is 5.36. The fourth-order valence-electron chi connectivity index (χ4n) is 2.86. The number of hydrogen-bond donors (Lipinski definition) is 0. The van der Waals surface area contributed by atoms with Crippen LogP contribution < -0.4 is 0 Å². The molecule has 1 aliphatic heterocycles. The molecule has 2 fully saturated rings. The highest BCUT2D eigenvalue weighted by Gasteiger charge is 2.29. The lowest BCUT2D eigenvalue weighted by Gasteiger charge is -2.31. The van der Waals surface area contributed by atoms with Crippen LogP contribution in [0.25, 0.3) is 0 Å². The van der Waals surface area contributed by atoms with Gasteiger partial charge in [0.15, 0.2) is 0 Å². The summed E-state index contributed by atoms with van der Waals surface area (Å²) in [4.78, 5) is 0.503. The predicted octanol–water partition coefficient (Wildman–Crippen LogP) is 2.76. The number of nitrogens with zero attached hydrogens (tertiary/aromatic N) is 1. The lowest BCUT2D eigenvalue weighted by Crippen LogP contribution is -2.41. The van der Waals surface area contributed by atoms with E-state index in [-0.39, 0.29) is 0 Å². The highest BCUT2D eigenvalue weighted by molar-refractivity contribution is 9.09. The molecule has 0 amide bonds. The zero-order valence-corrected chi connectivity index (χ0v) is 12.7. The third-order valence-corrected chi connectivity index (χ3v) is 6.91. The summed E-state index contributed by atoms with van der Waals surface area (Å²) in [6.45, 7) is 1.40. The molecule has 2 aliphatic rings. The maximum atomic E-state index is 12.3. The first-order valence-electron chi connectivity index (χ1n) is 6.70. The van der Waals surface area contributed by atoms with Crippen molar-refractivity contribution in [2.45, 2.75) is 49.8 Å². The van der Waals surface area contributed by atoms with Gasteiger partial charge in [0.1, 0.15) is 0 Å². The summed E-state index contributed by atoms with van der Waals surface area (Å²) < 4.78 is 26.2. The van der Waals surface area contributed by atoms with E-state index < -0.39 is 10.0 Å². The first kappa shape index (κ1) is 13.8. The average molecular weight is 324 g/mol. The van der Waals surface area contributed by atoms with Crippen LogP contribution in [0.5, 0.6) is 0 Å². The Kier molecular flexibility index (Phi) is 4.89. The summed E-state index contributed by atoms with van der Waals surface area (Å²) in [7, 11) is -2.99. The van der Waals surface area contributed by atoms with Gasteiger partial charge in [-0.3, -0.25) is 0 Å². The van der Waals surface area contributed by atoms with Gasteiger partial charge >= 0.3 is 0 Å². The quantitative estimate of drug-likeness (QED) is 0.749. The molecule has 0 radical (unpaired) electrons. The van der Waals surface area contributed by atoms with Crippen molar-refractivity contribution < 1.29 is 8.42 Å². The van der Waals surface area contributed by atoms with Crippen molar-refractivity contribution in [3.63, 3.8) is 0 Å². The molecular formula is C12H22BrNO2S. The molecule has 1 saturated carbocycles. The molecule has 3 nitrogen and oxygen atoms in total. The molecule has 0 aromatic heterocycles. The first-order valence-corrected chi connectivity index (χ1v) is 9.22. The normalized spacial score (nSPS) is 26.2. The maximum Gasteiger partial charge on any atom is 0.214 e. The Labute approximate surface area is 113 Å². The van der Waals surface area contributed by atoms with E-state index in [1.807, 2.05) is 0 Å². The van der Waals surface area contributed by atoms with E-state index >= 15 is 0 Å². The molecule has 0 bridgehead atoms. The number of rotatable bonds is 3. The number of alkyl halides is 1. The topological polar surface area (TPSA) is 37.4 Å². The molecule has 0 aromatic rings. The number of halogens is 1. The van der Waals surface area contributed by atoms with Crippen LogP contribution in [-0.2, 0) is 10.0 Å². The van der Waals surface area contributed by atoms with Crippen LogP contribution in [-0.4, -0.2) is 36.4 Å². The molecule has 0 N–H and O–H groups in total. The average Bonchev–Trinajstić information content (AvgIpc) is 2.30. The van der Waals surface area contributed by atoms with Crippen LogP contribution in [0.1, 0.15) is 44.9 Å². The lowest BCUT2D eigenvalue weighted by molar-refractivity contribution is 0.338. The van der Waals surface area contributed by atoms with Gasteiger partial charge in [0.2, 0.25) is 10.0 Å². The Balaban J connectivity index is 1.89. The summed E-state index contributed by atoms with van der Waals surface area (Å²) in [6, 6.07) is 0. The molecule has 1 heterocycles. The maximum absolute atomic E-state index is 12.3. The summed E-state index contributed by atoms with van der Waals surface area (Å²) in [6.07, 6.45) is 7.81. The number of hydrogen-bond acceptors (Lipinski definition) is 2. The first-order chi connectivity index (χ1) is 8.08. The Morgan fingerprint density at radius 2 is 1.59 bits per heavy atom. The van der Waals surface area contributed by atoms with Gasteiger partial charge in [0.25, 0.3) is 0 Å². The van der Waals surface area contributed by atoms with Gasteiger partial charge in [0.05, 0.1) is 5.75 Å². The van der Waals surface area contributed by atoms with E-state index in [9.17, 15) is 8.42 Å². The highest BCUT2D eigenvalue weighted by atomic mass is 79.9. The van der Waals surface area contributed by atoms with Crippen LogP contribution >= 0.6 is 15.9 Å². The van der Waals surface area contributed by atoms with Crippen LogP contribution in [0.3, 0.4) is 0 Å². The zero-order valence-electron chi connectivity index (χ0n) is 10.3. The van der Waals surface area contributed by atoms with Gasteiger partial charge in [-0.1, -0.05) is 35.2 Å². The van der Waals surface area contributed by atoms with Crippen LogP contribution in [0, 0.1) is 5.92 Å². The molecule has 1 aliphatic carbocycles. The molecule has 0 atom stereocenters. The molecule has 2 rings (SSSR count). The van der Waals surface area contributed by atoms with Gasteiger partial charge in [-0.2, -0.15) is 0 Å². The SMILES string of the molecule is O=S(=O)(CC1CCCCC1)N1CCC(Br)CC1. The van der Waals surface area contributed by atoms with Gasteiger partial charge < -0.3 is 0 Å². The largest absolute Gasteiger partial charge is 0.214 e. The lowest BCUT2D eigenvalue weighted by atomic mass is 9.91. The van der Waals surface area contributed by atoms with Crippen LogP contribution in [0.2, 0.25) is 0 Å². The molecule has 1 saturated heterocycles. The Morgan fingerprint density at radius 3 is 2.18 bits per heavy atom. The van der Waals surface area contributed by atoms with E-state index in [0.29, 0.717) is 29.6 Å². The van der Waals surface area contributed by atoms with Crippen molar-refractivity contribution in [3.8, 4) is 0 Å². The molecule has 5 heteroatoms. The van der Waals surface area contributed by atoms with E-state index in [1.54, 1.807) is 4.31 Å². The van der Waals surface area contributed by atoms with Gasteiger partial charge in [-0.05, 0) is 31.6 Å². The summed E-state index contributed by atoms with van der Waals surface area (Å²) in [5.41, 5.74) is 0. The standard InChI is InChI=1S/C12H22BrNO2S/c13-12-6-8-14(9-7-12)17(15,16)10-11-4-2-1-3-5-11/h11-12H,1-10H2.